The minimum Gasteiger partial charge on any atom is -0.481 e. The lowest BCUT2D eigenvalue weighted by atomic mass is 9.80. The number of carboxylic acids is 1. The molecule has 0 bridgehead atoms. The monoisotopic (exact) mass is 394 g/mol. The van der Waals surface area contributed by atoms with Crippen LogP contribution in [0.1, 0.15) is 73.9 Å². The third-order valence-electron chi connectivity index (χ3n) is 5.29. The SMILES string of the molecule is CCCC(C(=O)O)c1cc(C#Cc2cc3c(cc2C)SCCC3(C)C)cnn1. The molecule has 4 nitrogen and oxygen atoms in total. The Bertz CT molecular complexity index is 957. The fraction of sp³-hybridized carbons (Fsp3) is 0.435. The molecule has 0 spiro atoms. The Balaban J connectivity index is 1.94. The molecule has 2 aromatic rings. The van der Waals surface area contributed by atoms with Gasteiger partial charge in [0.25, 0.3) is 0 Å². The van der Waals surface area contributed by atoms with Crippen LogP contribution in [0.3, 0.4) is 0 Å². The summed E-state index contributed by atoms with van der Waals surface area (Å²) in [6.07, 6.45) is 4.06. The van der Waals surface area contributed by atoms with Crippen molar-refractivity contribution in [2.75, 3.05) is 5.75 Å². The van der Waals surface area contributed by atoms with Crippen molar-refractivity contribution in [3.63, 3.8) is 0 Å². The van der Waals surface area contributed by atoms with Crippen molar-refractivity contribution in [1.82, 2.24) is 10.2 Å². The van der Waals surface area contributed by atoms with Gasteiger partial charge in [0.05, 0.1) is 11.9 Å². The van der Waals surface area contributed by atoms with Crippen molar-refractivity contribution in [2.45, 2.75) is 63.2 Å². The molecule has 0 radical (unpaired) electrons. The number of aromatic nitrogens is 2. The summed E-state index contributed by atoms with van der Waals surface area (Å²) in [5, 5.41) is 17.5. The maximum absolute atomic E-state index is 11.5. The average molecular weight is 395 g/mol. The van der Waals surface area contributed by atoms with Crippen LogP contribution in [-0.2, 0) is 10.2 Å². The van der Waals surface area contributed by atoms with Crippen LogP contribution in [0.2, 0.25) is 0 Å². The maximum Gasteiger partial charge on any atom is 0.312 e. The Labute approximate surface area is 171 Å². The molecule has 1 aromatic carbocycles. The third-order valence-corrected chi connectivity index (χ3v) is 6.34. The Kier molecular flexibility index (Phi) is 6.10. The maximum atomic E-state index is 11.5. The summed E-state index contributed by atoms with van der Waals surface area (Å²) in [7, 11) is 0. The van der Waals surface area contributed by atoms with Crippen LogP contribution >= 0.6 is 11.8 Å². The highest BCUT2D eigenvalue weighted by atomic mass is 32.2. The van der Waals surface area contributed by atoms with Crippen molar-refractivity contribution in [2.24, 2.45) is 0 Å². The van der Waals surface area contributed by atoms with Crippen LogP contribution in [0, 0.1) is 18.8 Å². The van der Waals surface area contributed by atoms with Gasteiger partial charge >= 0.3 is 5.97 Å². The molecule has 0 saturated heterocycles. The number of carboxylic acid groups (broad SMARTS) is 1. The molecule has 0 fully saturated rings. The quantitative estimate of drug-likeness (QED) is 0.745. The summed E-state index contributed by atoms with van der Waals surface area (Å²) in [6, 6.07) is 6.21. The number of aliphatic carboxylic acids is 1. The van der Waals surface area contributed by atoms with Crippen molar-refractivity contribution in [3.8, 4) is 11.8 Å². The Morgan fingerprint density at radius 1 is 1.32 bits per heavy atom. The first-order chi connectivity index (χ1) is 13.3. The molecule has 1 aliphatic rings. The number of thioether (sulfide) groups is 1. The summed E-state index contributed by atoms with van der Waals surface area (Å²) in [5.41, 5.74) is 4.86. The Hall–Kier alpha value is -2.32. The highest BCUT2D eigenvalue weighted by molar-refractivity contribution is 7.99. The normalized spacial score (nSPS) is 15.9. The number of hydrogen-bond acceptors (Lipinski definition) is 4. The van der Waals surface area contributed by atoms with Crippen LogP contribution in [0.4, 0.5) is 0 Å². The smallest absolute Gasteiger partial charge is 0.312 e. The second-order valence-corrected chi connectivity index (χ2v) is 9.08. The number of rotatable bonds is 4. The molecule has 3 rings (SSSR count). The van der Waals surface area contributed by atoms with E-state index in [1.165, 1.54) is 10.5 Å². The number of fused-ring (bicyclic) bond motifs is 1. The zero-order chi connectivity index (χ0) is 20.3. The number of carbonyl (C=O) groups is 1. The lowest BCUT2D eigenvalue weighted by Gasteiger charge is -2.32. The highest BCUT2D eigenvalue weighted by Gasteiger charge is 2.28. The largest absolute Gasteiger partial charge is 0.481 e. The first-order valence-corrected chi connectivity index (χ1v) is 10.7. The van der Waals surface area contributed by atoms with Gasteiger partial charge in [-0.3, -0.25) is 4.79 Å². The van der Waals surface area contributed by atoms with Crippen LogP contribution in [-0.4, -0.2) is 27.0 Å². The fourth-order valence-corrected chi connectivity index (χ4v) is 5.05. The fourth-order valence-electron chi connectivity index (χ4n) is 3.46. The molecule has 0 amide bonds. The van der Waals surface area contributed by atoms with E-state index in [1.807, 2.05) is 18.7 Å². The van der Waals surface area contributed by atoms with E-state index in [4.69, 9.17) is 0 Å². The average Bonchev–Trinajstić information content (AvgIpc) is 2.64. The molecule has 1 N–H and O–H groups in total. The van der Waals surface area contributed by atoms with Gasteiger partial charge in [-0.25, -0.2) is 0 Å². The van der Waals surface area contributed by atoms with E-state index in [9.17, 15) is 9.90 Å². The van der Waals surface area contributed by atoms with Crippen molar-refractivity contribution in [3.05, 3.63) is 52.3 Å². The van der Waals surface area contributed by atoms with Crippen LogP contribution in [0.15, 0.2) is 29.3 Å². The summed E-state index contributed by atoms with van der Waals surface area (Å²) in [4.78, 5) is 12.9. The van der Waals surface area contributed by atoms with Gasteiger partial charge in [0.2, 0.25) is 0 Å². The van der Waals surface area contributed by atoms with Gasteiger partial charge in [0.15, 0.2) is 0 Å². The predicted octanol–water partition coefficient (Wildman–Crippen LogP) is 4.93. The van der Waals surface area contributed by atoms with Gasteiger partial charge < -0.3 is 5.11 Å². The lowest BCUT2D eigenvalue weighted by molar-refractivity contribution is -0.139. The van der Waals surface area contributed by atoms with Crippen LogP contribution in [0.25, 0.3) is 0 Å². The molecule has 5 heteroatoms. The summed E-state index contributed by atoms with van der Waals surface area (Å²) in [5.74, 6) is 6.08. The Morgan fingerprint density at radius 3 is 2.82 bits per heavy atom. The topological polar surface area (TPSA) is 63.1 Å². The van der Waals surface area contributed by atoms with Gasteiger partial charge in [0, 0.05) is 16.0 Å². The minimum absolute atomic E-state index is 0.158. The zero-order valence-electron chi connectivity index (χ0n) is 16.9. The molecule has 1 unspecified atom stereocenters. The number of hydrogen-bond donors (Lipinski definition) is 1. The van der Waals surface area contributed by atoms with E-state index in [2.05, 4.69) is 54.9 Å². The van der Waals surface area contributed by atoms with E-state index in [0.29, 0.717) is 17.7 Å². The second kappa shape index (κ2) is 8.36. The third kappa shape index (κ3) is 4.39. The van der Waals surface area contributed by atoms with Crippen LogP contribution in [0.5, 0.6) is 0 Å². The summed E-state index contributed by atoms with van der Waals surface area (Å²) in [6.45, 7) is 8.63. The molecule has 1 aromatic heterocycles. The molecule has 0 aliphatic carbocycles. The molecular formula is C23H26N2O2S. The van der Waals surface area contributed by atoms with Crippen molar-refractivity contribution in [1.29, 1.82) is 0 Å². The van der Waals surface area contributed by atoms with Crippen molar-refractivity contribution >= 4 is 17.7 Å². The molecule has 28 heavy (non-hydrogen) atoms. The minimum atomic E-state index is -0.869. The molecule has 1 atom stereocenters. The van der Waals surface area contributed by atoms with Crippen LogP contribution < -0.4 is 0 Å². The molecular weight excluding hydrogens is 368 g/mol. The molecule has 2 heterocycles. The predicted molar refractivity (Wildman–Crippen MR) is 113 cm³/mol. The Morgan fingerprint density at radius 2 is 2.11 bits per heavy atom. The number of nitrogens with zero attached hydrogens (tertiary/aromatic N) is 2. The highest BCUT2D eigenvalue weighted by Crippen LogP contribution is 2.42. The molecule has 146 valence electrons. The van der Waals surface area contributed by atoms with Gasteiger partial charge in [0.1, 0.15) is 5.92 Å². The van der Waals surface area contributed by atoms with Gasteiger partial charge in [-0.15, -0.1) is 11.8 Å². The second-order valence-electron chi connectivity index (χ2n) is 7.94. The summed E-state index contributed by atoms with van der Waals surface area (Å²) >= 11 is 1.92. The van der Waals surface area contributed by atoms with Crippen molar-refractivity contribution < 1.29 is 9.90 Å². The van der Waals surface area contributed by atoms with E-state index >= 15 is 0 Å². The number of aryl methyl sites for hydroxylation is 1. The summed E-state index contributed by atoms with van der Waals surface area (Å²) < 4.78 is 0. The van der Waals surface area contributed by atoms with E-state index in [1.54, 1.807) is 12.3 Å². The van der Waals surface area contributed by atoms with E-state index < -0.39 is 11.9 Å². The standard InChI is InChI=1S/C23H26N2O2S/c1-5-6-18(22(26)27)20-12-16(14-24-25-20)7-8-17-13-19-21(11-15(17)2)28-10-9-23(19,3)4/h11-14,18H,5-6,9-10H2,1-4H3,(H,26,27). The van der Waals surface area contributed by atoms with E-state index in [-0.39, 0.29) is 5.41 Å². The lowest BCUT2D eigenvalue weighted by Crippen LogP contribution is -2.23. The van der Waals surface area contributed by atoms with Gasteiger partial charge in [-0.1, -0.05) is 39.0 Å². The van der Waals surface area contributed by atoms with Gasteiger partial charge in [-0.05, 0) is 60.3 Å². The number of benzene rings is 1. The molecule has 0 saturated carbocycles. The van der Waals surface area contributed by atoms with Gasteiger partial charge in [-0.2, -0.15) is 10.2 Å². The zero-order valence-corrected chi connectivity index (χ0v) is 17.7. The first kappa shape index (κ1) is 20.4. The van der Waals surface area contributed by atoms with E-state index in [0.717, 1.165) is 29.7 Å². The first-order valence-electron chi connectivity index (χ1n) is 9.67. The molecule has 1 aliphatic heterocycles.